The summed E-state index contributed by atoms with van der Waals surface area (Å²) in [6.45, 7) is 1.90. The van der Waals surface area contributed by atoms with Crippen molar-refractivity contribution >= 4 is 22.3 Å². The number of ether oxygens (including phenoxy) is 1. The number of thiophene rings is 1. The molecule has 0 atom stereocenters. The number of aryl methyl sites for hydroxylation is 1. The summed E-state index contributed by atoms with van der Waals surface area (Å²) in [5.74, 6) is 1.50. The van der Waals surface area contributed by atoms with Gasteiger partial charge in [-0.25, -0.2) is 0 Å². The fraction of sp³-hybridized carbons (Fsp3) is 0.333. The highest BCUT2D eigenvalue weighted by atomic mass is 32.1. The third-order valence-electron chi connectivity index (χ3n) is 3.65. The van der Waals surface area contributed by atoms with Crippen LogP contribution in [0.1, 0.15) is 31.1 Å². The first-order valence-electron chi connectivity index (χ1n) is 7.66. The summed E-state index contributed by atoms with van der Waals surface area (Å²) in [5.41, 5.74) is 0.780. The van der Waals surface area contributed by atoms with E-state index in [9.17, 15) is 0 Å². The first kappa shape index (κ1) is 15.1. The molecule has 4 heteroatoms. The number of hydrogen-bond donors (Lipinski definition) is 1. The molecule has 0 radical (unpaired) electrons. The Hall–Kier alpha value is -1.78. The Morgan fingerprint density at radius 3 is 2.86 bits per heavy atom. The van der Waals surface area contributed by atoms with Gasteiger partial charge in [0.15, 0.2) is 6.79 Å². The van der Waals surface area contributed by atoms with E-state index in [1.807, 2.05) is 18.2 Å². The highest BCUT2D eigenvalue weighted by molar-refractivity contribution is 7.15. The summed E-state index contributed by atoms with van der Waals surface area (Å²) >= 11 is 1.80. The molecule has 0 saturated carbocycles. The predicted molar refractivity (Wildman–Crippen MR) is 90.5 cm³/mol. The van der Waals surface area contributed by atoms with Crippen molar-refractivity contribution in [1.29, 1.82) is 0 Å². The molecule has 3 rings (SSSR count). The zero-order valence-corrected chi connectivity index (χ0v) is 13.5. The second-order valence-corrected chi connectivity index (χ2v) is 6.48. The molecular weight excluding hydrogens is 296 g/mol. The number of furan rings is 1. The Bertz CT molecular complexity index is 742. The third-order valence-corrected chi connectivity index (χ3v) is 4.81. The van der Waals surface area contributed by atoms with Crippen LogP contribution in [0, 0.1) is 0 Å². The van der Waals surface area contributed by atoms with E-state index in [1.54, 1.807) is 11.3 Å². The zero-order chi connectivity index (χ0) is 15.4. The van der Waals surface area contributed by atoms with Gasteiger partial charge in [-0.1, -0.05) is 19.8 Å². The molecule has 3 aromatic rings. The van der Waals surface area contributed by atoms with Crippen LogP contribution in [0.25, 0.3) is 21.6 Å². The van der Waals surface area contributed by atoms with Gasteiger partial charge < -0.3 is 14.3 Å². The number of unbranched alkanes of at least 4 members (excludes halogenated alkanes) is 2. The van der Waals surface area contributed by atoms with Crippen molar-refractivity contribution in [2.24, 2.45) is 0 Å². The predicted octanol–water partition coefficient (Wildman–Crippen LogP) is 5.22. The molecule has 2 aromatic heterocycles. The van der Waals surface area contributed by atoms with Gasteiger partial charge in [0.05, 0.1) is 4.88 Å². The molecule has 0 unspecified atom stereocenters. The van der Waals surface area contributed by atoms with Crippen LogP contribution in [-0.2, 0) is 6.42 Å². The minimum atomic E-state index is -0.328. The van der Waals surface area contributed by atoms with Crippen LogP contribution in [-0.4, -0.2) is 11.9 Å². The van der Waals surface area contributed by atoms with Gasteiger partial charge >= 0.3 is 0 Å². The van der Waals surface area contributed by atoms with Crippen LogP contribution in [0.3, 0.4) is 0 Å². The lowest BCUT2D eigenvalue weighted by Crippen LogP contribution is -1.93. The summed E-state index contributed by atoms with van der Waals surface area (Å²) in [5, 5.41) is 9.86. The normalized spacial score (nSPS) is 11.2. The van der Waals surface area contributed by atoms with Crippen molar-refractivity contribution in [1.82, 2.24) is 0 Å². The molecule has 22 heavy (non-hydrogen) atoms. The third kappa shape index (κ3) is 3.34. The molecule has 0 aliphatic rings. The number of rotatable bonds is 7. The van der Waals surface area contributed by atoms with Crippen molar-refractivity contribution in [2.75, 3.05) is 6.79 Å². The minimum absolute atomic E-state index is 0.328. The van der Waals surface area contributed by atoms with Crippen LogP contribution in [0.4, 0.5) is 0 Å². The summed E-state index contributed by atoms with van der Waals surface area (Å²) in [6.07, 6.45) is 4.93. The average Bonchev–Trinajstić information content (AvgIpc) is 3.13. The van der Waals surface area contributed by atoms with Crippen molar-refractivity contribution in [2.45, 2.75) is 32.6 Å². The first-order valence-corrected chi connectivity index (χ1v) is 8.48. The smallest absolute Gasteiger partial charge is 0.186 e. The van der Waals surface area contributed by atoms with Gasteiger partial charge in [0.2, 0.25) is 0 Å². The van der Waals surface area contributed by atoms with Crippen molar-refractivity contribution < 1.29 is 14.3 Å². The number of hydrogen-bond acceptors (Lipinski definition) is 4. The van der Waals surface area contributed by atoms with Crippen LogP contribution < -0.4 is 4.74 Å². The molecule has 0 aliphatic carbocycles. The van der Waals surface area contributed by atoms with Gasteiger partial charge in [0.1, 0.15) is 17.1 Å². The summed E-state index contributed by atoms with van der Waals surface area (Å²) < 4.78 is 11.0. The van der Waals surface area contributed by atoms with E-state index in [0.717, 1.165) is 28.0 Å². The fourth-order valence-corrected chi connectivity index (χ4v) is 3.49. The molecule has 0 saturated heterocycles. The highest BCUT2D eigenvalue weighted by Gasteiger charge is 2.10. The Morgan fingerprint density at radius 2 is 2.05 bits per heavy atom. The summed E-state index contributed by atoms with van der Waals surface area (Å²) in [6, 6.07) is 12.0. The average molecular weight is 316 g/mol. The van der Waals surface area contributed by atoms with E-state index in [-0.39, 0.29) is 6.79 Å². The maximum absolute atomic E-state index is 8.82. The highest BCUT2D eigenvalue weighted by Crippen LogP contribution is 2.34. The van der Waals surface area contributed by atoms with E-state index >= 15 is 0 Å². The van der Waals surface area contributed by atoms with E-state index in [4.69, 9.17) is 14.3 Å². The fourth-order valence-electron chi connectivity index (χ4n) is 2.49. The number of aliphatic hydroxyl groups is 1. The van der Waals surface area contributed by atoms with Gasteiger partial charge in [-0.05, 0) is 43.2 Å². The van der Waals surface area contributed by atoms with Crippen LogP contribution in [0.15, 0.2) is 40.8 Å². The molecule has 0 amide bonds. The summed E-state index contributed by atoms with van der Waals surface area (Å²) in [4.78, 5) is 2.57. The maximum atomic E-state index is 8.82. The van der Waals surface area contributed by atoms with E-state index in [2.05, 4.69) is 25.1 Å². The molecule has 116 valence electrons. The lowest BCUT2D eigenvalue weighted by atomic mass is 10.2. The summed E-state index contributed by atoms with van der Waals surface area (Å²) in [7, 11) is 0. The van der Waals surface area contributed by atoms with Crippen molar-refractivity contribution in [3.8, 4) is 16.4 Å². The maximum Gasteiger partial charge on any atom is 0.186 e. The Labute approximate surface area is 134 Å². The van der Waals surface area contributed by atoms with Crippen molar-refractivity contribution in [3.63, 3.8) is 0 Å². The van der Waals surface area contributed by atoms with E-state index < -0.39 is 0 Å². The molecule has 0 bridgehead atoms. The molecule has 0 spiro atoms. The SMILES string of the molecule is CCCCCc1ccc(-c2cc3ccc(OCO)cc3o2)s1. The Kier molecular flexibility index (Phi) is 4.80. The Morgan fingerprint density at radius 1 is 1.14 bits per heavy atom. The second-order valence-electron chi connectivity index (χ2n) is 5.31. The first-order chi connectivity index (χ1) is 10.8. The molecule has 1 N–H and O–H groups in total. The van der Waals surface area contributed by atoms with Gasteiger partial charge in [-0.3, -0.25) is 0 Å². The van der Waals surface area contributed by atoms with Gasteiger partial charge in [-0.2, -0.15) is 0 Å². The van der Waals surface area contributed by atoms with Crippen molar-refractivity contribution in [3.05, 3.63) is 41.3 Å². The van der Waals surface area contributed by atoms with Crippen LogP contribution in [0.2, 0.25) is 0 Å². The number of fused-ring (bicyclic) bond motifs is 1. The van der Waals surface area contributed by atoms with E-state index in [1.165, 1.54) is 24.1 Å². The molecule has 0 fully saturated rings. The lowest BCUT2D eigenvalue weighted by Gasteiger charge is -2.00. The quantitative estimate of drug-likeness (QED) is 0.480. The zero-order valence-electron chi connectivity index (χ0n) is 12.7. The molecule has 3 nitrogen and oxygen atoms in total. The standard InChI is InChI=1S/C18H20O3S/c1-2-3-4-5-15-8-9-18(22-15)17-10-13-6-7-14(20-12-19)11-16(13)21-17/h6-11,19H,2-5,12H2,1H3. The molecule has 2 heterocycles. The van der Waals surface area contributed by atoms with Crippen LogP contribution >= 0.6 is 11.3 Å². The van der Waals surface area contributed by atoms with Gasteiger partial charge in [-0.15, -0.1) is 11.3 Å². The Balaban J connectivity index is 1.80. The largest absolute Gasteiger partial charge is 0.468 e. The number of benzene rings is 1. The van der Waals surface area contributed by atoms with E-state index in [0.29, 0.717) is 5.75 Å². The number of aliphatic hydroxyl groups excluding tert-OH is 1. The van der Waals surface area contributed by atoms with Gasteiger partial charge in [0.25, 0.3) is 0 Å². The molecule has 1 aromatic carbocycles. The molecule has 0 aliphatic heterocycles. The monoisotopic (exact) mass is 316 g/mol. The van der Waals surface area contributed by atoms with Gasteiger partial charge in [0, 0.05) is 16.3 Å². The topological polar surface area (TPSA) is 42.6 Å². The van der Waals surface area contributed by atoms with Crippen LogP contribution in [0.5, 0.6) is 5.75 Å². The lowest BCUT2D eigenvalue weighted by molar-refractivity contribution is 0.0986. The minimum Gasteiger partial charge on any atom is -0.468 e. The molecular formula is C18H20O3S. The second kappa shape index (κ2) is 6.99.